The van der Waals surface area contributed by atoms with Crippen LogP contribution in [-0.2, 0) is 11.3 Å². The topological polar surface area (TPSA) is 91.8 Å². The van der Waals surface area contributed by atoms with E-state index >= 15 is 0 Å². The molecule has 2 N–H and O–H groups in total. The minimum absolute atomic E-state index is 0.0406. The zero-order chi connectivity index (χ0) is 22.4. The number of nitrogens with zero attached hydrogens (tertiary/aromatic N) is 2. The summed E-state index contributed by atoms with van der Waals surface area (Å²) in [7, 11) is 1.57. The largest absolute Gasteiger partial charge is 0.497 e. The third kappa shape index (κ3) is 5.87. The molecule has 3 rings (SSSR count). The van der Waals surface area contributed by atoms with E-state index in [4.69, 9.17) is 27.9 Å². The van der Waals surface area contributed by atoms with Crippen LogP contribution >= 0.6 is 23.2 Å². The maximum Gasteiger partial charge on any atom is 0.323 e. The van der Waals surface area contributed by atoms with Gasteiger partial charge in [-0.25, -0.2) is 4.98 Å². The summed E-state index contributed by atoms with van der Waals surface area (Å²) in [5.74, 6) is -0.626. The van der Waals surface area contributed by atoms with Gasteiger partial charge in [-0.15, -0.1) is 0 Å². The van der Waals surface area contributed by atoms with Gasteiger partial charge in [-0.3, -0.25) is 9.59 Å². The number of carboxylic acid groups (broad SMARTS) is 1. The number of hydrogen-bond acceptors (Lipinski definition) is 5. The molecule has 0 saturated carbocycles. The Hall–Kier alpha value is -3.29. The van der Waals surface area contributed by atoms with Gasteiger partial charge in [-0.2, -0.15) is 0 Å². The van der Waals surface area contributed by atoms with Crippen molar-refractivity contribution in [2.45, 2.75) is 6.54 Å². The van der Waals surface area contributed by atoms with E-state index in [0.29, 0.717) is 32.9 Å². The number of carbonyl (C=O) groups excluding carboxylic acids is 1. The SMILES string of the molecule is COc1ccc(Nc2ncccc2C(=O)N(CC(=O)O)Cc2ccc(Cl)c(Cl)c2)cc1. The van der Waals surface area contributed by atoms with Crippen LogP contribution in [0.2, 0.25) is 10.0 Å². The van der Waals surface area contributed by atoms with Crippen LogP contribution in [0.5, 0.6) is 5.75 Å². The lowest BCUT2D eigenvalue weighted by Gasteiger charge is -2.22. The number of benzene rings is 2. The molecule has 3 aromatic rings. The van der Waals surface area contributed by atoms with Gasteiger partial charge in [0.1, 0.15) is 18.1 Å². The minimum atomic E-state index is -1.14. The maximum absolute atomic E-state index is 13.3. The van der Waals surface area contributed by atoms with Gasteiger partial charge < -0.3 is 20.1 Å². The molecule has 0 aliphatic heterocycles. The summed E-state index contributed by atoms with van der Waals surface area (Å²) in [5.41, 5.74) is 1.58. The molecule has 0 atom stereocenters. The van der Waals surface area contributed by atoms with Crippen molar-refractivity contribution in [3.05, 3.63) is 82.0 Å². The molecule has 0 aliphatic carbocycles. The summed E-state index contributed by atoms with van der Waals surface area (Å²) in [4.78, 5) is 30.1. The molecule has 9 heteroatoms. The molecule has 0 unspecified atom stereocenters. The van der Waals surface area contributed by atoms with Crippen LogP contribution < -0.4 is 10.1 Å². The highest BCUT2D eigenvalue weighted by molar-refractivity contribution is 6.42. The standard InChI is InChI=1S/C22H19Cl2N3O4/c1-31-16-7-5-15(6-8-16)26-21-17(3-2-10-25-21)22(30)27(13-20(28)29)12-14-4-9-18(23)19(24)11-14/h2-11H,12-13H2,1H3,(H,25,26)(H,28,29). The number of hydrogen-bond donors (Lipinski definition) is 2. The third-order valence-corrected chi connectivity index (χ3v) is 5.10. The van der Waals surface area contributed by atoms with Crippen molar-refractivity contribution in [1.82, 2.24) is 9.88 Å². The Labute approximate surface area is 189 Å². The highest BCUT2D eigenvalue weighted by Gasteiger charge is 2.22. The number of carbonyl (C=O) groups is 2. The number of rotatable bonds is 8. The summed E-state index contributed by atoms with van der Waals surface area (Å²) in [6, 6.07) is 15.2. The molecule has 2 aromatic carbocycles. The highest BCUT2D eigenvalue weighted by atomic mass is 35.5. The van der Waals surface area contributed by atoms with Crippen LogP contribution in [0.1, 0.15) is 15.9 Å². The number of aliphatic carboxylic acids is 1. The van der Waals surface area contributed by atoms with Crippen molar-refractivity contribution >= 4 is 46.6 Å². The summed E-state index contributed by atoms with van der Waals surface area (Å²) in [6.07, 6.45) is 1.54. The van der Waals surface area contributed by atoms with Crippen LogP contribution in [0.3, 0.4) is 0 Å². The van der Waals surface area contributed by atoms with Gasteiger partial charge in [0.25, 0.3) is 5.91 Å². The van der Waals surface area contributed by atoms with E-state index in [1.807, 2.05) is 0 Å². The highest BCUT2D eigenvalue weighted by Crippen LogP contribution is 2.25. The molecule has 0 aliphatic rings. The second-order valence-corrected chi connectivity index (χ2v) is 7.37. The normalized spacial score (nSPS) is 10.4. The van der Waals surface area contributed by atoms with E-state index in [-0.39, 0.29) is 12.1 Å². The first-order valence-electron chi connectivity index (χ1n) is 9.18. The number of carboxylic acids is 1. The number of anilines is 2. The molecule has 0 radical (unpaired) electrons. The average molecular weight is 460 g/mol. The summed E-state index contributed by atoms with van der Waals surface area (Å²) in [5, 5.41) is 13.1. The Morgan fingerprint density at radius 2 is 1.84 bits per heavy atom. The molecular formula is C22H19Cl2N3O4. The number of halogens is 2. The smallest absolute Gasteiger partial charge is 0.323 e. The fourth-order valence-electron chi connectivity index (χ4n) is 2.88. The van der Waals surface area contributed by atoms with E-state index < -0.39 is 18.4 Å². The number of aromatic nitrogens is 1. The van der Waals surface area contributed by atoms with Gasteiger partial charge in [0.2, 0.25) is 0 Å². The van der Waals surface area contributed by atoms with E-state index in [2.05, 4.69) is 10.3 Å². The van der Waals surface area contributed by atoms with Crippen molar-refractivity contribution in [3.8, 4) is 5.75 Å². The Morgan fingerprint density at radius 3 is 2.48 bits per heavy atom. The predicted molar refractivity (Wildman–Crippen MR) is 119 cm³/mol. The quantitative estimate of drug-likeness (QED) is 0.499. The zero-order valence-electron chi connectivity index (χ0n) is 16.5. The first-order valence-corrected chi connectivity index (χ1v) is 9.94. The Morgan fingerprint density at radius 1 is 1.10 bits per heavy atom. The molecule has 31 heavy (non-hydrogen) atoms. The summed E-state index contributed by atoms with van der Waals surface area (Å²) >= 11 is 12.0. The van der Waals surface area contributed by atoms with Gasteiger partial charge >= 0.3 is 5.97 Å². The lowest BCUT2D eigenvalue weighted by Crippen LogP contribution is -2.35. The molecule has 160 valence electrons. The number of pyridine rings is 1. The lowest BCUT2D eigenvalue weighted by molar-refractivity contribution is -0.137. The lowest BCUT2D eigenvalue weighted by atomic mass is 10.1. The second-order valence-electron chi connectivity index (χ2n) is 6.56. The number of amides is 1. The van der Waals surface area contributed by atoms with Crippen molar-refractivity contribution in [1.29, 1.82) is 0 Å². The van der Waals surface area contributed by atoms with Crippen molar-refractivity contribution in [2.24, 2.45) is 0 Å². The number of ether oxygens (including phenoxy) is 1. The summed E-state index contributed by atoms with van der Waals surface area (Å²) in [6.45, 7) is -0.450. The number of nitrogens with one attached hydrogen (secondary N) is 1. The first-order chi connectivity index (χ1) is 14.9. The third-order valence-electron chi connectivity index (χ3n) is 4.36. The molecule has 0 bridgehead atoms. The van der Waals surface area contributed by atoms with Crippen molar-refractivity contribution in [2.75, 3.05) is 19.0 Å². The molecular weight excluding hydrogens is 441 g/mol. The zero-order valence-corrected chi connectivity index (χ0v) is 18.0. The molecule has 0 saturated heterocycles. The first kappa shape index (κ1) is 22.4. The van der Waals surface area contributed by atoms with E-state index in [0.717, 1.165) is 0 Å². The fourth-order valence-corrected chi connectivity index (χ4v) is 3.20. The van der Waals surface area contributed by atoms with Crippen LogP contribution in [0, 0.1) is 0 Å². The number of methoxy groups -OCH3 is 1. The van der Waals surface area contributed by atoms with Gasteiger partial charge in [-0.05, 0) is 54.1 Å². The van der Waals surface area contributed by atoms with Gasteiger partial charge in [0, 0.05) is 18.4 Å². The van der Waals surface area contributed by atoms with E-state index in [9.17, 15) is 14.7 Å². The second kappa shape index (κ2) is 10.1. The molecule has 7 nitrogen and oxygen atoms in total. The van der Waals surface area contributed by atoms with E-state index in [1.165, 1.54) is 4.90 Å². The Kier molecular flexibility index (Phi) is 7.33. The fraction of sp³-hybridized carbons (Fsp3) is 0.136. The predicted octanol–water partition coefficient (Wildman–Crippen LogP) is 4.87. The summed E-state index contributed by atoms with van der Waals surface area (Å²) < 4.78 is 5.14. The van der Waals surface area contributed by atoms with Crippen LogP contribution in [0.4, 0.5) is 11.5 Å². The molecule has 1 aromatic heterocycles. The van der Waals surface area contributed by atoms with Gasteiger partial charge in [0.15, 0.2) is 0 Å². The Balaban J connectivity index is 1.88. The molecule has 0 spiro atoms. The van der Waals surface area contributed by atoms with Gasteiger partial charge in [0.05, 0.1) is 22.7 Å². The van der Waals surface area contributed by atoms with Crippen LogP contribution in [-0.4, -0.2) is 40.5 Å². The van der Waals surface area contributed by atoms with E-state index in [1.54, 1.807) is 67.9 Å². The van der Waals surface area contributed by atoms with Crippen LogP contribution in [0.15, 0.2) is 60.8 Å². The minimum Gasteiger partial charge on any atom is -0.497 e. The average Bonchev–Trinajstić information content (AvgIpc) is 2.76. The monoisotopic (exact) mass is 459 g/mol. The van der Waals surface area contributed by atoms with Crippen molar-refractivity contribution in [3.63, 3.8) is 0 Å². The molecule has 1 heterocycles. The van der Waals surface area contributed by atoms with Gasteiger partial charge in [-0.1, -0.05) is 29.3 Å². The Bertz CT molecular complexity index is 1090. The van der Waals surface area contributed by atoms with Crippen molar-refractivity contribution < 1.29 is 19.4 Å². The molecule has 1 amide bonds. The molecule has 0 fully saturated rings. The maximum atomic E-state index is 13.3. The van der Waals surface area contributed by atoms with Crippen LogP contribution in [0.25, 0.3) is 0 Å².